The first-order chi connectivity index (χ1) is 7.50. The lowest BCUT2D eigenvalue weighted by Gasteiger charge is -2.08. The number of hydrogen-bond acceptors (Lipinski definition) is 3. The maximum atomic E-state index is 5.94. The van der Waals surface area contributed by atoms with Crippen molar-refractivity contribution in [3.05, 3.63) is 34.7 Å². The molecule has 0 aliphatic carbocycles. The molecular formula is C13H16N2O. The summed E-state index contributed by atoms with van der Waals surface area (Å²) in [5.74, 6) is 0.848. The summed E-state index contributed by atoms with van der Waals surface area (Å²) in [6.45, 7) is 7.91. The highest BCUT2D eigenvalue weighted by molar-refractivity contribution is 5.72. The van der Waals surface area contributed by atoms with Crippen LogP contribution in [0.1, 0.15) is 22.6 Å². The Morgan fingerprint density at radius 3 is 2.06 bits per heavy atom. The number of nitrogens with two attached hydrogens (primary N) is 1. The molecule has 0 saturated carbocycles. The second-order valence-electron chi connectivity index (χ2n) is 4.22. The van der Waals surface area contributed by atoms with Crippen molar-refractivity contribution >= 4 is 5.69 Å². The van der Waals surface area contributed by atoms with Gasteiger partial charge in [0.25, 0.3) is 0 Å². The summed E-state index contributed by atoms with van der Waals surface area (Å²) in [5.41, 5.74) is 12.1. The van der Waals surface area contributed by atoms with Crippen LogP contribution in [-0.2, 0) is 0 Å². The Labute approximate surface area is 95.3 Å². The van der Waals surface area contributed by atoms with Gasteiger partial charge in [0.05, 0.1) is 5.69 Å². The third-order valence-corrected chi connectivity index (χ3v) is 2.92. The van der Waals surface area contributed by atoms with Crippen LogP contribution >= 0.6 is 0 Å². The fourth-order valence-corrected chi connectivity index (χ4v) is 2.01. The first-order valence-electron chi connectivity index (χ1n) is 5.30. The van der Waals surface area contributed by atoms with Gasteiger partial charge in [-0.3, -0.25) is 0 Å². The number of nitrogen functional groups attached to an aromatic ring is 1. The fourth-order valence-electron chi connectivity index (χ4n) is 2.01. The number of aromatic nitrogens is 1. The Morgan fingerprint density at radius 2 is 1.62 bits per heavy atom. The number of hydrogen-bond donors (Lipinski definition) is 1. The van der Waals surface area contributed by atoms with Crippen LogP contribution in [0.3, 0.4) is 0 Å². The Bertz CT molecular complexity index is 498. The van der Waals surface area contributed by atoms with Gasteiger partial charge >= 0.3 is 0 Å². The standard InChI is InChI=1S/C13H16N2O/c1-7-5-11(6-8(2)13(7)14)12-9(3)15-16-10(12)4/h5-6H,14H2,1-4H3. The lowest BCUT2D eigenvalue weighted by molar-refractivity contribution is 0.393. The zero-order valence-electron chi connectivity index (χ0n) is 10.1. The molecule has 1 aromatic heterocycles. The second-order valence-corrected chi connectivity index (χ2v) is 4.22. The molecule has 0 unspecified atom stereocenters. The van der Waals surface area contributed by atoms with E-state index in [0.717, 1.165) is 39.4 Å². The second kappa shape index (κ2) is 3.67. The number of benzene rings is 1. The minimum atomic E-state index is 0.848. The molecule has 2 N–H and O–H groups in total. The molecule has 84 valence electrons. The smallest absolute Gasteiger partial charge is 0.141 e. The van der Waals surface area contributed by atoms with Crippen molar-refractivity contribution in [3.8, 4) is 11.1 Å². The van der Waals surface area contributed by atoms with Gasteiger partial charge in [0.15, 0.2) is 0 Å². The largest absolute Gasteiger partial charge is 0.398 e. The van der Waals surface area contributed by atoms with E-state index in [0.29, 0.717) is 0 Å². The average molecular weight is 216 g/mol. The van der Waals surface area contributed by atoms with Gasteiger partial charge in [-0.05, 0) is 56.5 Å². The van der Waals surface area contributed by atoms with Crippen LogP contribution in [0, 0.1) is 27.7 Å². The normalized spacial score (nSPS) is 10.8. The summed E-state index contributed by atoms with van der Waals surface area (Å²) >= 11 is 0. The monoisotopic (exact) mass is 216 g/mol. The van der Waals surface area contributed by atoms with Crippen LogP contribution in [0.25, 0.3) is 11.1 Å². The van der Waals surface area contributed by atoms with E-state index < -0.39 is 0 Å². The lowest BCUT2D eigenvalue weighted by atomic mass is 9.98. The quantitative estimate of drug-likeness (QED) is 0.745. The van der Waals surface area contributed by atoms with Gasteiger partial charge in [0.2, 0.25) is 0 Å². The predicted molar refractivity (Wildman–Crippen MR) is 65.3 cm³/mol. The lowest BCUT2D eigenvalue weighted by Crippen LogP contribution is -1.95. The fraction of sp³-hybridized carbons (Fsp3) is 0.308. The molecule has 2 rings (SSSR count). The third-order valence-electron chi connectivity index (χ3n) is 2.92. The number of rotatable bonds is 1. The van der Waals surface area contributed by atoms with E-state index in [1.165, 1.54) is 0 Å². The van der Waals surface area contributed by atoms with Crippen molar-refractivity contribution in [2.24, 2.45) is 0 Å². The van der Waals surface area contributed by atoms with Crippen LogP contribution in [-0.4, -0.2) is 5.16 Å². The summed E-state index contributed by atoms with van der Waals surface area (Å²) in [6, 6.07) is 4.16. The van der Waals surface area contributed by atoms with Crippen molar-refractivity contribution in [3.63, 3.8) is 0 Å². The zero-order valence-corrected chi connectivity index (χ0v) is 10.1. The van der Waals surface area contributed by atoms with E-state index >= 15 is 0 Å². The summed E-state index contributed by atoms with van der Waals surface area (Å²) in [6.07, 6.45) is 0. The third kappa shape index (κ3) is 1.58. The van der Waals surface area contributed by atoms with E-state index in [1.807, 2.05) is 27.7 Å². The molecule has 0 saturated heterocycles. The Kier molecular flexibility index (Phi) is 2.46. The molecule has 3 heteroatoms. The summed E-state index contributed by atoms with van der Waals surface area (Å²) in [5, 5.41) is 3.97. The van der Waals surface area contributed by atoms with Gasteiger partial charge in [-0.15, -0.1) is 0 Å². The van der Waals surface area contributed by atoms with Gasteiger partial charge < -0.3 is 10.3 Å². The number of nitrogens with zero attached hydrogens (tertiary/aromatic N) is 1. The molecule has 1 aromatic carbocycles. The van der Waals surface area contributed by atoms with Gasteiger partial charge in [-0.25, -0.2) is 0 Å². The first-order valence-corrected chi connectivity index (χ1v) is 5.30. The van der Waals surface area contributed by atoms with Gasteiger partial charge in [-0.1, -0.05) is 5.16 Å². The van der Waals surface area contributed by atoms with E-state index in [2.05, 4.69) is 17.3 Å². The highest BCUT2D eigenvalue weighted by Crippen LogP contribution is 2.30. The van der Waals surface area contributed by atoms with E-state index in [9.17, 15) is 0 Å². The summed E-state index contributed by atoms with van der Waals surface area (Å²) in [4.78, 5) is 0. The van der Waals surface area contributed by atoms with Crippen LogP contribution in [0.15, 0.2) is 16.7 Å². The highest BCUT2D eigenvalue weighted by atomic mass is 16.5. The molecule has 0 fully saturated rings. The molecule has 0 radical (unpaired) electrons. The molecule has 3 nitrogen and oxygen atoms in total. The minimum absolute atomic E-state index is 0.848. The molecule has 0 bridgehead atoms. The summed E-state index contributed by atoms with van der Waals surface area (Å²) < 4.78 is 5.18. The molecular weight excluding hydrogens is 200 g/mol. The maximum absolute atomic E-state index is 5.94. The topological polar surface area (TPSA) is 52.0 Å². The molecule has 1 heterocycles. The molecule has 0 aliphatic heterocycles. The zero-order chi connectivity index (χ0) is 11.9. The predicted octanol–water partition coefficient (Wildman–Crippen LogP) is 3.16. The van der Waals surface area contributed by atoms with E-state index in [4.69, 9.17) is 10.3 Å². The van der Waals surface area contributed by atoms with Crippen LogP contribution < -0.4 is 5.73 Å². The van der Waals surface area contributed by atoms with Gasteiger partial charge in [-0.2, -0.15) is 0 Å². The summed E-state index contributed by atoms with van der Waals surface area (Å²) in [7, 11) is 0. The van der Waals surface area contributed by atoms with Gasteiger partial charge in [0.1, 0.15) is 5.76 Å². The molecule has 0 spiro atoms. The molecule has 2 aromatic rings. The highest BCUT2D eigenvalue weighted by Gasteiger charge is 2.13. The van der Waals surface area contributed by atoms with Crippen molar-refractivity contribution in [1.82, 2.24) is 5.16 Å². The van der Waals surface area contributed by atoms with Crippen LogP contribution in [0.2, 0.25) is 0 Å². The van der Waals surface area contributed by atoms with Crippen molar-refractivity contribution in [2.45, 2.75) is 27.7 Å². The van der Waals surface area contributed by atoms with E-state index in [-0.39, 0.29) is 0 Å². The van der Waals surface area contributed by atoms with Crippen LogP contribution in [0.4, 0.5) is 5.69 Å². The van der Waals surface area contributed by atoms with Crippen molar-refractivity contribution in [1.29, 1.82) is 0 Å². The maximum Gasteiger partial charge on any atom is 0.141 e. The number of aryl methyl sites for hydroxylation is 4. The van der Waals surface area contributed by atoms with Gasteiger partial charge in [0, 0.05) is 11.3 Å². The minimum Gasteiger partial charge on any atom is -0.398 e. The molecule has 0 aliphatic rings. The number of anilines is 1. The molecule has 0 atom stereocenters. The SMILES string of the molecule is Cc1cc(-c2c(C)noc2C)cc(C)c1N. The van der Waals surface area contributed by atoms with E-state index in [1.54, 1.807) is 0 Å². The van der Waals surface area contributed by atoms with Crippen molar-refractivity contribution < 1.29 is 4.52 Å². The first kappa shape index (κ1) is 10.7. The van der Waals surface area contributed by atoms with Crippen LogP contribution in [0.5, 0.6) is 0 Å². The molecule has 0 amide bonds. The molecule has 16 heavy (non-hydrogen) atoms. The Balaban J connectivity index is 2.66. The Hall–Kier alpha value is -1.77. The Morgan fingerprint density at radius 1 is 1.06 bits per heavy atom. The van der Waals surface area contributed by atoms with Crippen molar-refractivity contribution in [2.75, 3.05) is 5.73 Å². The average Bonchev–Trinajstić information content (AvgIpc) is 2.54.